The maximum Gasteiger partial charge on any atom is 0.430 e. The van der Waals surface area contributed by atoms with Crippen molar-refractivity contribution >= 4 is 17.5 Å². The second-order valence-electron chi connectivity index (χ2n) is 12.5. The van der Waals surface area contributed by atoms with Crippen molar-refractivity contribution < 1.29 is 50.5 Å². The van der Waals surface area contributed by atoms with Gasteiger partial charge in [-0.25, -0.2) is 4.39 Å². The molecule has 2 amide bonds. The van der Waals surface area contributed by atoms with Crippen LogP contribution in [0.5, 0.6) is 0 Å². The lowest BCUT2D eigenvalue weighted by Crippen LogP contribution is -2.53. The van der Waals surface area contributed by atoms with Crippen LogP contribution >= 0.6 is 0 Å². The standard InChI is InChI=1S/C32H38F7N3O4/c1-29(45)13-11-21(12-14-29)3-2-4-27(43)40-26-10-7-23(19-25(26)33)28(44)42-17-15-41(16-18-42)20-22-5-8-24(9-6-22)30(46,31(34,35)36)32(37,38)39/h5-10,19,21,45-46H,2-4,11-18,20H2,1H3,(H,40,43). The number of anilines is 1. The molecule has 2 fully saturated rings. The van der Waals surface area contributed by atoms with Crippen molar-refractivity contribution in [2.75, 3.05) is 31.5 Å². The fourth-order valence-electron chi connectivity index (χ4n) is 5.99. The number of alkyl halides is 6. The molecule has 3 N–H and O–H groups in total. The molecule has 2 aromatic rings. The summed E-state index contributed by atoms with van der Waals surface area (Å²) >= 11 is 0. The topological polar surface area (TPSA) is 93.1 Å². The van der Waals surface area contributed by atoms with E-state index in [2.05, 4.69) is 5.32 Å². The molecule has 4 rings (SSSR count). The van der Waals surface area contributed by atoms with Crippen molar-refractivity contribution in [1.29, 1.82) is 0 Å². The number of benzene rings is 2. The van der Waals surface area contributed by atoms with E-state index in [-0.39, 0.29) is 43.2 Å². The number of rotatable bonds is 9. The van der Waals surface area contributed by atoms with Gasteiger partial charge in [0, 0.05) is 50.3 Å². The molecule has 46 heavy (non-hydrogen) atoms. The second-order valence-corrected chi connectivity index (χ2v) is 12.5. The molecule has 0 atom stereocenters. The summed E-state index contributed by atoms with van der Waals surface area (Å²) in [5.74, 6) is -1.05. The third-order valence-electron chi connectivity index (χ3n) is 8.95. The smallest absolute Gasteiger partial charge is 0.390 e. The Morgan fingerprint density at radius 2 is 1.52 bits per heavy atom. The van der Waals surface area contributed by atoms with E-state index < -0.39 is 40.8 Å². The van der Waals surface area contributed by atoms with Gasteiger partial charge in [-0.3, -0.25) is 14.5 Å². The van der Waals surface area contributed by atoms with Gasteiger partial charge in [-0.05, 0) is 75.1 Å². The van der Waals surface area contributed by atoms with Crippen molar-refractivity contribution in [3.8, 4) is 0 Å². The summed E-state index contributed by atoms with van der Waals surface area (Å²) in [6, 6.07) is 7.18. The van der Waals surface area contributed by atoms with Crippen molar-refractivity contribution in [2.24, 2.45) is 5.92 Å². The number of carbonyl (C=O) groups is 2. The Labute approximate surface area is 262 Å². The quantitative estimate of drug-likeness (QED) is 0.281. The van der Waals surface area contributed by atoms with Crippen LogP contribution in [-0.2, 0) is 16.9 Å². The molecule has 2 aliphatic rings. The molecule has 1 heterocycles. The van der Waals surface area contributed by atoms with Crippen LogP contribution in [0.3, 0.4) is 0 Å². The zero-order valence-corrected chi connectivity index (χ0v) is 25.4. The lowest BCUT2D eigenvalue weighted by molar-refractivity contribution is -0.376. The first kappa shape index (κ1) is 35.6. The molecule has 254 valence electrons. The molecule has 7 nitrogen and oxygen atoms in total. The van der Waals surface area contributed by atoms with E-state index in [4.69, 9.17) is 0 Å². The van der Waals surface area contributed by atoms with Crippen LogP contribution in [0.4, 0.5) is 36.4 Å². The Morgan fingerprint density at radius 3 is 2.07 bits per heavy atom. The Balaban J connectivity index is 1.24. The lowest BCUT2D eigenvalue weighted by Gasteiger charge is -2.35. The van der Waals surface area contributed by atoms with Gasteiger partial charge in [-0.1, -0.05) is 24.3 Å². The zero-order valence-electron chi connectivity index (χ0n) is 25.4. The van der Waals surface area contributed by atoms with Crippen molar-refractivity contribution in [2.45, 2.75) is 82.0 Å². The Kier molecular flexibility index (Phi) is 10.7. The van der Waals surface area contributed by atoms with Crippen LogP contribution < -0.4 is 5.32 Å². The van der Waals surface area contributed by atoms with Crippen LogP contribution in [0, 0.1) is 11.7 Å². The molecule has 1 aliphatic heterocycles. The van der Waals surface area contributed by atoms with E-state index in [1.807, 2.05) is 11.8 Å². The monoisotopic (exact) mass is 661 g/mol. The van der Waals surface area contributed by atoms with Crippen LogP contribution in [0.25, 0.3) is 0 Å². The molecular formula is C32H38F7N3O4. The number of piperazine rings is 1. The molecule has 14 heteroatoms. The van der Waals surface area contributed by atoms with Gasteiger partial charge in [-0.15, -0.1) is 0 Å². The molecular weight excluding hydrogens is 623 g/mol. The fraction of sp³-hybridized carbons (Fsp3) is 0.562. The van der Waals surface area contributed by atoms with Gasteiger partial charge >= 0.3 is 12.4 Å². The van der Waals surface area contributed by atoms with E-state index in [0.717, 1.165) is 50.3 Å². The van der Waals surface area contributed by atoms with Crippen LogP contribution in [0.15, 0.2) is 42.5 Å². The molecule has 0 spiro atoms. The number of hydrogen-bond acceptors (Lipinski definition) is 5. The maximum atomic E-state index is 14.8. The summed E-state index contributed by atoms with van der Waals surface area (Å²) in [6.45, 7) is 3.21. The van der Waals surface area contributed by atoms with E-state index in [9.17, 15) is 50.5 Å². The van der Waals surface area contributed by atoms with Gasteiger partial charge in [0.2, 0.25) is 5.91 Å². The predicted molar refractivity (Wildman–Crippen MR) is 155 cm³/mol. The van der Waals surface area contributed by atoms with E-state index in [0.29, 0.717) is 43.1 Å². The maximum absolute atomic E-state index is 14.8. The minimum Gasteiger partial charge on any atom is -0.390 e. The third-order valence-corrected chi connectivity index (χ3v) is 8.95. The highest BCUT2D eigenvalue weighted by atomic mass is 19.4. The first-order valence-corrected chi connectivity index (χ1v) is 15.2. The van der Waals surface area contributed by atoms with Gasteiger partial charge in [-0.2, -0.15) is 26.3 Å². The third kappa shape index (κ3) is 8.37. The van der Waals surface area contributed by atoms with Gasteiger partial charge in [0.05, 0.1) is 11.3 Å². The zero-order chi connectivity index (χ0) is 33.9. The van der Waals surface area contributed by atoms with Crippen molar-refractivity contribution in [1.82, 2.24) is 9.80 Å². The summed E-state index contributed by atoms with van der Waals surface area (Å²) in [5, 5.41) is 22.2. The predicted octanol–water partition coefficient (Wildman–Crippen LogP) is 6.15. The number of carbonyl (C=O) groups excluding carboxylic acids is 2. The Hall–Kier alpha value is -3.23. The number of nitrogens with zero attached hydrogens (tertiary/aromatic N) is 2. The van der Waals surface area contributed by atoms with Crippen LogP contribution in [0.1, 0.15) is 73.4 Å². The van der Waals surface area contributed by atoms with E-state index >= 15 is 0 Å². The molecule has 0 unspecified atom stereocenters. The largest absolute Gasteiger partial charge is 0.430 e. The number of amides is 2. The van der Waals surface area contributed by atoms with Crippen molar-refractivity contribution in [3.05, 3.63) is 65.0 Å². The van der Waals surface area contributed by atoms with E-state index in [1.54, 1.807) is 0 Å². The van der Waals surface area contributed by atoms with Crippen LogP contribution in [-0.4, -0.2) is 76.0 Å². The first-order chi connectivity index (χ1) is 21.4. The summed E-state index contributed by atoms with van der Waals surface area (Å²) in [6.07, 6.45) is -6.90. The number of nitrogens with one attached hydrogen (secondary N) is 1. The number of aliphatic hydroxyl groups is 2. The molecule has 0 radical (unpaired) electrons. The van der Waals surface area contributed by atoms with Gasteiger partial charge in [0.15, 0.2) is 0 Å². The normalized spacial score (nSPS) is 21.7. The minimum atomic E-state index is -5.97. The highest BCUT2D eigenvalue weighted by Gasteiger charge is 2.71. The fourth-order valence-corrected chi connectivity index (χ4v) is 5.99. The Bertz CT molecular complexity index is 1350. The highest BCUT2D eigenvalue weighted by molar-refractivity contribution is 5.96. The highest BCUT2D eigenvalue weighted by Crippen LogP contribution is 2.50. The molecule has 0 aromatic heterocycles. The first-order valence-electron chi connectivity index (χ1n) is 15.2. The molecule has 2 aromatic carbocycles. The van der Waals surface area contributed by atoms with Gasteiger partial charge in [0.1, 0.15) is 5.82 Å². The van der Waals surface area contributed by atoms with Crippen LogP contribution in [0.2, 0.25) is 0 Å². The number of halogens is 7. The summed E-state index contributed by atoms with van der Waals surface area (Å²) in [5.41, 5.74) is -6.47. The van der Waals surface area contributed by atoms with Gasteiger partial charge < -0.3 is 20.4 Å². The minimum absolute atomic E-state index is 0.0324. The number of hydrogen-bond donors (Lipinski definition) is 3. The second kappa shape index (κ2) is 13.9. The summed E-state index contributed by atoms with van der Waals surface area (Å²) < 4.78 is 93.6. The molecule has 1 aliphatic carbocycles. The SMILES string of the molecule is CC1(O)CCC(CCCC(=O)Nc2ccc(C(=O)N3CCN(Cc4ccc(C(O)(C(F)(F)F)C(F)(F)F)cc4)CC3)cc2F)CC1. The average Bonchev–Trinajstić information content (AvgIpc) is 2.98. The lowest BCUT2D eigenvalue weighted by atomic mass is 9.78. The van der Waals surface area contributed by atoms with E-state index in [1.165, 1.54) is 17.0 Å². The molecule has 0 bridgehead atoms. The molecule has 1 saturated carbocycles. The summed E-state index contributed by atoms with van der Waals surface area (Å²) in [4.78, 5) is 28.7. The summed E-state index contributed by atoms with van der Waals surface area (Å²) in [7, 11) is 0. The molecule has 1 saturated heterocycles. The van der Waals surface area contributed by atoms with Crippen molar-refractivity contribution in [3.63, 3.8) is 0 Å². The Morgan fingerprint density at radius 1 is 0.935 bits per heavy atom. The average molecular weight is 662 g/mol. The van der Waals surface area contributed by atoms with Gasteiger partial charge in [0.25, 0.3) is 11.5 Å².